The number of benzene rings is 3. The Morgan fingerprint density at radius 2 is 1.80 bits per heavy atom. The van der Waals surface area contributed by atoms with Crippen LogP contribution in [0.25, 0.3) is 22.3 Å². The molecule has 1 N–H and O–H groups in total. The largest absolute Gasteiger partial charge is 0.478 e. The lowest BCUT2D eigenvalue weighted by molar-refractivity contribution is 0.0697. The van der Waals surface area contributed by atoms with Crippen molar-refractivity contribution in [2.24, 2.45) is 5.41 Å². The summed E-state index contributed by atoms with van der Waals surface area (Å²) in [5, 5.41) is 38.0. The zero-order chi connectivity index (χ0) is 31.6. The highest BCUT2D eigenvalue weighted by atomic mass is 19.1. The van der Waals surface area contributed by atoms with Crippen LogP contribution in [0.15, 0.2) is 72.8 Å². The van der Waals surface area contributed by atoms with Gasteiger partial charge in [0.05, 0.1) is 51.6 Å². The Balaban J connectivity index is 1.27. The molecule has 9 nitrogen and oxygen atoms in total. The Morgan fingerprint density at radius 3 is 2.51 bits per heavy atom. The van der Waals surface area contributed by atoms with Crippen molar-refractivity contribution in [1.82, 2.24) is 14.5 Å². The summed E-state index contributed by atoms with van der Waals surface area (Å²) in [7, 11) is 0. The quantitative estimate of drug-likeness (QED) is 0.191. The number of halogens is 1. The fraction of sp³-hybridized carbons (Fsp3) is 0.200. The Hall–Kier alpha value is -6.05. The SMILES string of the molecule is N#CCC1(Cn2c(Cc3ccc(-c4cccc(OCc5ccc(C#N)cc5F)n4)cc3C#N)nc3ccc(C(=O)O)cc32)CC1. The molecule has 0 amide bonds. The molecule has 45 heavy (non-hydrogen) atoms. The third-order valence-corrected chi connectivity index (χ3v) is 8.13. The fourth-order valence-corrected chi connectivity index (χ4v) is 5.39. The summed E-state index contributed by atoms with van der Waals surface area (Å²) in [4.78, 5) is 21.1. The highest BCUT2D eigenvalue weighted by Gasteiger charge is 2.43. The number of hydrogen-bond acceptors (Lipinski definition) is 7. The van der Waals surface area contributed by atoms with Gasteiger partial charge in [0.1, 0.15) is 18.2 Å². The number of pyridine rings is 1. The first-order valence-corrected chi connectivity index (χ1v) is 14.2. The topological polar surface area (TPSA) is 149 Å². The lowest BCUT2D eigenvalue weighted by atomic mass is 9.99. The van der Waals surface area contributed by atoms with Gasteiger partial charge in [-0.15, -0.1) is 0 Å². The van der Waals surface area contributed by atoms with E-state index in [0.717, 1.165) is 24.5 Å². The first kappa shape index (κ1) is 29.0. The van der Waals surface area contributed by atoms with Crippen LogP contribution in [-0.2, 0) is 19.6 Å². The van der Waals surface area contributed by atoms with Gasteiger partial charge < -0.3 is 14.4 Å². The number of nitriles is 3. The summed E-state index contributed by atoms with van der Waals surface area (Å²) in [5.41, 5.74) is 4.28. The zero-order valence-electron chi connectivity index (χ0n) is 24.0. The summed E-state index contributed by atoms with van der Waals surface area (Å²) in [5.74, 6) is -0.604. The molecule has 1 aliphatic rings. The second kappa shape index (κ2) is 11.9. The van der Waals surface area contributed by atoms with Gasteiger partial charge in [-0.2, -0.15) is 15.8 Å². The number of imidazole rings is 1. The van der Waals surface area contributed by atoms with Crippen molar-refractivity contribution >= 4 is 17.0 Å². The third kappa shape index (κ3) is 6.06. The molecule has 10 heteroatoms. The van der Waals surface area contributed by atoms with Crippen LogP contribution in [0.2, 0.25) is 0 Å². The van der Waals surface area contributed by atoms with Crippen molar-refractivity contribution < 1.29 is 19.0 Å². The van der Waals surface area contributed by atoms with Crippen molar-refractivity contribution in [2.75, 3.05) is 0 Å². The van der Waals surface area contributed by atoms with E-state index < -0.39 is 11.8 Å². The smallest absolute Gasteiger partial charge is 0.335 e. The van der Waals surface area contributed by atoms with Crippen molar-refractivity contribution in [3.8, 4) is 35.3 Å². The van der Waals surface area contributed by atoms with Gasteiger partial charge in [-0.05, 0) is 60.9 Å². The summed E-state index contributed by atoms with van der Waals surface area (Å²) >= 11 is 0. The number of carbonyl (C=O) groups is 1. The molecule has 0 aliphatic heterocycles. The summed E-state index contributed by atoms with van der Waals surface area (Å²) in [6.07, 6.45) is 2.56. The van der Waals surface area contributed by atoms with Gasteiger partial charge in [0.15, 0.2) is 0 Å². The van der Waals surface area contributed by atoms with Gasteiger partial charge in [0.25, 0.3) is 0 Å². The normalized spacial score (nSPS) is 13.0. The lowest BCUT2D eigenvalue weighted by Gasteiger charge is -2.16. The molecule has 2 aromatic heterocycles. The minimum atomic E-state index is -1.03. The van der Waals surface area contributed by atoms with Crippen LogP contribution in [0, 0.1) is 45.2 Å². The summed E-state index contributed by atoms with van der Waals surface area (Å²) < 4.78 is 22.0. The van der Waals surface area contributed by atoms with E-state index in [1.165, 1.54) is 18.2 Å². The number of ether oxygens (including phenoxy) is 1. The van der Waals surface area contributed by atoms with E-state index in [-0.39, 0.29) is 29.0 Å². The van der Waals surface area contributed by atoms with Crippen molar-refractivity contribution in [3.05, 3.63) is 112 Å². The van der Waals surface area contributed by atoms with Crippen LogP contribution in [0.3, 0.4) is 0 Å². The fourth-order valence-electron chi connectivity index (χ4n) is 5.39. The number of aromatic carboxylic acids is 1. The molecule has 5 aromatic rings. The molecular weight excluding hydrogens is 571 g/mol. The van der Waals surface area contributed by atoms with Gasteiger partial charge in [-0.25, -0.2) is 19.2 Å². The summed E-state index contributed by atoms with van der Waals surface area (Å²) in [6.45, 7) is 0.472. The van der Waals surface area contributed by atoms with E-state index in [1.54, 1.807) is 36.4 Å². The minimum Gasteiger partial charge on any atom is -0.478 e. The molecule has 0 unspecified atom stereocenters. The van der Waals surface area contributed by atoms with Crippen LogP contribution >= 0.6 is 0 Å². The van der Waals surface area contributed by atoms with E-state index in [1.807, 2.05) is 22.8 Å². The van der Waals surface area contributed by atoms with Crippen LogP contribution in [0.1, 0.15) is 57.7 Å². The van der Waals surface area contributed by atoms with Crippen molar-refractivity contribution in [3.63, 3.8) is 0 Å². The van der Waals surface area contributed by atoms with E-state index in [0.29, 0.717) is 58.6 Å². The Kier molecular flexibility index (Phi) is 7.69. The molecule has 6 rings (SSSR count). The van der Waals surface area contributed by atoms with Gasteiger partial charge in [-0.3, -0.25) is 0 Å². The van der Waals surface area contributed by atoms with Crippen molar-refractivity contribution in [1.29, 1.82) is 15.8 Å². The number of nitrogens with zero attached hydrogens (tertiary/aromatic N) is 6. The molecule has 0 atom stereocenters. The van der Waals surface area contributed by atoms with Crippen LogP contribution in [0.5, 0.6) is 5.88 Å². The number of aromatic nitrogens is 3. The van der Waals surface area contributed by atoms with Crippen LogP contribution < -0.4 is 4.74 Å². The number of rotatable bonds is 10. The van der Waals surface area contributed by atoms with Gasteiger partial charge in [-0.1, -0.05) is 24.3 Å². The van der Waals surface area contributed by atoms with Crippen LogP contribution in [0.4, 0.5) is 4.39 Å². The summed E-state index contributed by atoms with van der Waals surface area (Å²) in [6, 6.07) is 26.1. The van der Waals surface area contributed by atoms with E-state index in [4.69, 9.17) is 15.0 Å². The molecular formula is C35H25FN6O3. The first-order valence-electron chi connectivity index (χ1n) is 14.2. The monoisotopic (exact) mass is 596 g/mol. The molecule has 1 fully saturated rings. The van der Waals surface area contributed by atoms with E-state index in [2.05, 4.69) is 17.1 Å². The van der Waals surface area contributed by atoms with E-state index in [9.17, 15) is 24.8 Å². The minimum absolute atomic E-state index is 0.0685. The number of carboxylic acids is 1. The molecule has 3 aromatic carbocycles. The molecule has 0 radical (unpaired) electrons. The van der Waals surface area contributed by atoms with Crippen molar-refractivity contribution in [2.45, 2.75) is 38.8 Å². The van der Waals surface area contributed by atoms with E-state index >= 15 is 0 Å². The Labute approximate surface area is 258 Å². The first-order chi connectivity index (χ1) is 21.8. The molecule has 220 valence electrons. The maximum Gasteiger partial charge on any atom is 0.335 e. The lowest BCUT2D eigenvalue weighted by Crippen LogP contribution is -2.14. The predicted molar refractivity (Wildman–Crippen MR) is 161 cm³/mol. The highest BCUT2D eigenvalue weighted by molar-refractivity contribution is 5.92. The standard InChI is InChI=1S/C35H25FN6O3/c36-28-14-22(18-38)4-5-26(28)20-45-33-3-1-2-29(41-33)24-7-6-23(27(15-24)19-39)17-32-40-30-9-8-25(34(43)44)16-31(30)42(32)21-35(10-11-35)12-13-37/h1-9,14-16H,10-12,17,20-21H2,(H,43,44). The maximum absolute atomic E-state index is 14.3. The Morgan fingerprint density at radius 1 is 0.978 bits per heavy atom. The van der Waals surface area contributed by atoms with Gasteiger partial charge in [0.2, 0.25) is 5.88 Å². The molecule has 0 bridgehead atoms. The van der Waals surface area contributed by atoms with Gasteiger partial charge >= 0.3 is 5.97 Å². The molecule has 1 aliphatic carbocycles. The second-order valence-electron chi connectivity index (χ2n) is 11.2. The Bertz CT molecular complexity index is 2100. The average Bonchev–Trinajstić information content (AvgIpc) is 3.73. The van der Waals surface area contributed by atoms with Crippen LogP contribution in [-0.4, -0.2) is 25.6 Å². The predicted octanol–water partition coefficient (Wildman–Crippen LogP) is 6.54. The number of hydrogen-bond donors (Lipinski definition) is 1. The second-order valence-corrected chi connectivity index (χ2v) is 11.2. The number of carboxylic acid groups (broad SMARTS) is 1. The molecule has 1 saturated carbocycles. The third-order valence-electron chi connectivity index (χ3n) is 8.13. The zero-order valence-corrected chi connectivity index (χ0v) is 24.0. The molecule has 0 spiro atoms. The highest BCUT2D eigenvalue weighted by Crippen LogP contribution is 2.50. The number of fused-ring (bicyclic) bond motifs is 1. The van der Waals surface area contributed by atoms with Gasteiger partial charge in [0, 0.05) is 42.0 Å². The molecule has 2 heterocycles. The average molecular weight is 597 g/mol. The molecule has 0 saturated heterocycles. The maximum atomic E-state index is 14.3.